The number of hydrogen-bond donors (Lipinski definition) is 3. The number of nitrogens with two attached hydrogens (primary N) is 1. The van der Waals surface area contributed by atoms with E-state index < -0.39 is 0 Å². The fourth-order valence-electron chi connectivity index (χ4n) is 1.59. The Morgan fingerprint density at radius 1 is 1.11 bits per heavy atom. The summed E-state index contributed by atoms with van der Waals surface area (Å²) in [4.78, 5) is 11.9. The van der Waals surface area contributed by atoms with Gasteiger partial charge in [-0.3, -0.25) is 0 Å². The van der Waals surface area contributed by atoms with E-state index in [1.807, 2.05) is 25.1 Å². The smallest absolute Gasteiger partial charge is 0.323 e. The molecule has 0 saturated heterocycles. The summed E-state index contributed by atoms with van der Waals surface area (Å²) in [5.41, 5.74) is 8.74. The molecule has 0 unspecified atom stereocenters. The third-order valence-corrected chi connectivity index (χ3v) is 3.23. The maximum Gasteiger partial charge on any atom is 0.323 e. The predicted octanol–water partition coefficient (Wildman–Crippen LogP) is 3.98. The highest BCUT2D eigenvalue weighted by Gasteiger charge is 2.05. The summed E-state index contributed by atoms with van der Waals surface area (Å²) < 4.78 is 0.838. The van der Waals surface area contributed by atoms with Gasteiger partial charge in [0.05, 0.1) is 5.69 Å². The SMILES string of the molecule is Cc1ccc(Br)c(NC(=O)Nc2ccc(N)cc2)c1. The zero-order valence-electron chi connectivity index (χ0n) is 10.4. The Kier molecular flexibility index (Phi) is 4.06. The Labute approximate surface area is 120 Å². The first-order valence-corrected chi connectivity index (χ1v) is 6.53. The Hall–Kier alpha value is -2.01. The number of aryl methyl sites for hydroxylation is 1. The summed E-state index contributed by atoms with van der Waals surface area (Å²) in [6, 6.07) is 12.4. The number of carbonyl (C=O) groups is 1. The van der Waals surface area contributed by atoms with Gasteiger partial charge in [0, 0.05) is 15.8 Å². The lowest BCUT2D eigenvalue weighted by atomic mass is 10.2. The molecule has 2 amide bonds. The van der Waals surface area contributed by atoms with Crippen LogP contribution in [0.3, 0.4) is 0 Å². The molecule has 0 aliphatic carbocycles. The van der Waals surface area contributed by atoms with Crippen molar-refractivity contribution in [1.29, 1.82) is 0 Å². The Balaban J connectivity index is 2.05. The quantitative estimate of drug-likeness (QED) is 0.733. The molecular formula is C14H14BrN3O. The number of rotatable bonds is 2. The lowest BCUT2D eigenvalue weighted by Gasteiger charge is -2.10. The molecular weight excluding hydrogens is 306 g/mol. The molecule has 0 radical (unpaired) electrons. The van der Waals surface area contributed by atoms with Gasteiger partial charge in [0.1, 0.15) is 0 Å². The largest absolute Gasteiger partial charge is 0.399 e. The second-order valence-corrected chi connectivity index (χ2v) is 5.04. The Morgan fingerprint density at radius 2 is 1.79 bits per heavy atom. The Morgan fingerprint density at radius 3 is 2.47 bits per heavy atom. The summed E-state index contributed by atoms with van der Waals surface area (Å²) in [5, 5.41) is 5.52. The number of urea groups is 1. The van der Waals surface area contributed by atoms with Gasteiger partial charge in [-0.05, 0) is 64.8 Å². The van der Waals surface area contributed by atoms with E-state index in [9.17, 15) is 4.79 Å². The molecule has 0 aromatic heterocycles. The van der Waals surface area contributed by atoms with Crippen LogP contribution in [0.25, 0.3) is 0 Å². The normalized spacial score (nSPS) is 10.0. The molecule has 0 saturated carbocycles. The molecule has 19 heavy (non-hydrogen) atoms. The zero-order chi connectivity index (χ0) is 13.8. The molecule has 2 aromatic carbocycles. The first-order valence-electron chi connectivity index (χ1n) is 5.74. The van der Waals surface area contributed by atoms with Crippen LogP contribution in [0.1, 0.15) is 5.56 Å². The van der Waals surface area contributed by atoms with E-state index >= 15 is 0 Å². The fraction of sp³-hybridized carbons (Fsp3) is 0.0714. The van der Waals surface area contributed by atoms with Crippen LogP contribution in [0.5, 0.6) is 0 Å². The van der Waals surface area contributed by atoms with Gasteiger partial charge in [-0.1, -0.05) is 6.07 Å². The number of amides is 2. The van der Waals surface area contributed by atoms with Crippen LogP contribution in [0.2, 0.25) is 0 Å². The number of anilines is 3. The van der Waals surface area contributed by atoms with Crippen molar-refractivity contribution in [2.24, 2.45) is 0 Å². The third-order valence-electron chi connectivity index (χ3n) is 2.54. The lowest BCUT2D eigenvalue weighted by Crippen LogP contribution is -2.19. The summed E-state index contributed by atoms with van der Waals surface area (Å²) in [5.74, 6) is 0. The second kappa shape index (κ2) is 5.75. The molecule has 0 aliphatic heterocycles. The van der Waals surface area contributed by atoms with Gasteiger partial charge in [0.25, 0.3) is 0 Å². The molecule has 0 atom stereocenters. The minimum atomic E-state index is -0.295. The van der Waals surface area contributed by atoms with Gasteiger partial charge in [-0.15, -0.1) is 0 Å². The standard InChI is InChI=1S/C14H14BrN3O/c1-9-2-7-12(15)13(8-9)18-14(19)17-11-5-3-10(16)4-6-11/h2-8H,16H2,1H3,(H2,17,18,19). The van der Waals surface area contributed by atoms with E-state index in [2.05, 4.69) is 26.6 Å². The minimum Gasteiger partial charge on any atom is -0.399 e. The third kappa shape index (κ3) is 3.72. The predicted molar refractivity (Wildman–Crippen MR) is 82.4 cm³/mol. The first-order chi connectivity index (χ1) is 9.04. The fourth-order valence-corrected chi connectivity index (χ4v) is 1.93. The van der Waals surface area contributed by atoms with Crippen LogP contribution in [-0.4, -0.2) is 6.03 Å². The molecule has 4 nitrogen and oxygen atoms in total. The molecule has 4 N–H and O–H groups in total. The van der Waals surface area contributed by atoms with Crippen LogP contribution in [-0.2, 0) is 0 Å². The van der Waals surface area contributed by atoms with Crippen LogP contribution in [0.15, 0.2) is 46.9 Å². The molecule has 0 spiro atoms. The highest BCUT2D eigenvalue weighted by atomic mass is 79.9. The van der Waals surface area contributed by atoms with Gasteiger partial charge in [0.15, 0.2) is 0 Å². The van der Waals surface area contributed by atoms with E-state index in [0.717, 1.165) is 15.7 Å². The van der Waals surface area contributed by atoms with Crippen LogP contribution >= 0.6 is 15.9 Å². The van der Waals surface area contributed by atoms with E-state index in [1.54, 1.807) is 24.3 Å². The monoisotopic (exact) mass is 319 g/mol. The summed E-state index contributed by atoms with van der Waals surface area (Å²) >= 11 is 3.39. The second-order valence-electron chi connectivity index (χ2n) is 4.18. The lowest BCUT2D eigenvalue weighted by molar-refractivity contribution is 0.262. The highest BCUT2D eigenvalue weighted by Crippen LogP contribution is 2.23. The molecule has 0 aliphatic rings. The summed E-state index contributed by atoms with van der Waals surface area (Å²) in [7, 11) is 0. The van der Waals surface area contributed by atoms with Crippen molar-refractivity contribution in [1.82, 2.24) is 0 Å². The number of halogens is 1. The average molecular weight is 320 g/mol. The summed E-state index contributed by atoms with van der Waals surface area (Å²) in [6.07, 6.45) is 0. The van der Waals surface area contributed by atoms with E-state index in [1.165, 1.54) is 0 Å². The highest BCUT2D eigenvalue weighted by molar-refractivity contribution is 9.10. The first kappa shape index (κ1) is 13.4. The zero-order valence-corrected chi connectivity index (χ0v) is 12.0. The molecule has 0 bridgehead atoms. The molecule has 2 aromatic rings. The van der Waals surface area contributed by atoms with Crippen LogP contribution in [0, 0.1) is 6.92 Å². The Bertz CT molecular complexity index is 596. The molecule has 0 heterocycles. The molecule has 0 fully saturated rings. The molecule has 98 valence electrons. The van der Waals surface area contributed by atoms with Crippen molar-refractivity contribution in [2.75, 3.05) is 16.4 Å². The van der Waals surface area contributed by atoms with Gasteiger partial charge in [0.2, 0.25) is 0 Å². The molecule has 2 rings (SSSR count). The maximum absolute atomic E-state index is 11.9. The number of nitrogen functional groups attached to an aromatic ring is 1. The summed E-state index contributed by atoms with van der Waals surface area (Å²) in [6.45, 7) is 1.97. The van der Waals surface area contributed by atoms with Crippen LogP contribution < -0.4 is 16.4 Å². The number of hydrogen-bond acceptors (Lipinski definition) is 2. The van der Waals surface area contributed by atoms with E-state index in [4.69, 9.17) is 5.73 Å². The minimum absolute atomic E-state index is 0.295. The maximum atomic E-state index is 11.9. The van der Waals surface area contributed by atoms with Crippen molar-refractivity contribution in [2.45, 2.75) is 6.92 Å². The van der Waals surface area contributed by atoms with Crippen molar-refractivity contribution in [3.63, 3.8) is 0 Å². The van der Waals surface area contributed by atoms with Gasteiger partial charge in [-0.2, -0.15) is 0 Å². The topological polar surface area (TPSA) is 67.2 Å². The number of nitrogens with one attached hydrogen (secondary N) is 2. The number of benzene rings is 2. The van der Waals surface area contributed by atoms with Crippen LogP contribution in [0.4, 0.5) is 21.9 Å². The van der Waals surface area contributed by atoms with E-state index in [0.29, 0.717) is 11.4 Å². The van der Waals surface area contributed by atoms with Gasteiger partial charge < -0.3 is 16.4 Å². The van der Waals surface area contributed by atoms with Crippen molar-refractivity contribution < 1.29 is 4.79 Å². The number of carbonyl (C=O) groups excluding carboxylic acids is 1. The van der Waals surface area contributed by atoms with Gasteiger partial charge in [-0.25, -0.2) is 4.79 Å². The molecule has 5 heteroatoms. The van der Waals surface area contributed by atoms with Crippen molar-refractivity contribution >= 4 is 39.0 Å². The van der Waals surface area contributed by atoms with Crippen molar-refractivity contribution in [3.8, 4) is 0 Å². The van der Waals surface area contributed by atoms with Crippen molar-refractivity contribution in [3.05, 3.63) is 52.5 Å². The van der Waals surface area contributed by atoms with Gasteiger partial charge >= 0.3 is 6.03 Å². The van der Waals surface area contributed by atoms with E-state index in [-0.39, 0.29) is 6.03 Å². The average Bonchev–Trinajstić information content (AvgIpc) is 2.37.